The fourth-order valence-electron chi connectivity index (χ4n) is 1.38. The van der Waals surface area contributed by atoms with Gasteiger partial charge in [0.25, 0.3) is 5.91 Å². The SMILES string of the molecule is N#CCCCCNC(=O)c1cc(N)cc(Cl)c1. The molecule has 1 aromatic rings. The van der Waals surface area contributed by atoms with Gasteiger partial charge in [0.15, 0.2) is 0 Å². The minimum absolute atomic E-state index is 0.198. The number of benzene rings is 1. The number of hydrogen-bond donors (Lipinski definition) is 2. The molecule has 0 spiro atoms. The number of rotatable bonds is 5. The predicted molar refractivity (Wildman–Crippen MR) is 67.7 cm³/mol. The first-order chi connectivity index (χ1) is 8.13. The van der Waals surface area contributed by atoms with Crippen LogP contribution in [0.5, 0.6) is 0 Å². The normalized spacial score (nSPS) is 9.65. The number of halogens is 1. The molecule has 17 heavy (non-hydrogen) atoms. The van der Waals surface area contributed by atoms with E-state index in [-0.39, 0.29) is 5.91 Å². The number of nitrogens with two attached hydrogens (primary N) is 1. The Morgan fingerprint density at radius 1 is 1.41 bits per heavy atom. The summed E-state index contributed by atoms with van der Waals surface area (Å²) in [6.07, 6.45) is 2.09. The maximum atomic E-state index is 11.7. The second kappa shape index (κ2) is 6.77. The van der Waals surface area contributed by atoms with Crippen molar-refractivity contribution in [2.24, 2.45) is 0 Å². The molecule has 3 N–H and O–H groups in total. The fraction of sp³-hybridized carbons (Fsp3) is 0.333. The summed E-state index contributed by atoms with van der Waals surface area (Å²) in [4.78, 5) is 11.7. The molecular formula is C12H14ClN3O. The van der Waals surface area contributed by atoms with E-state index in [1.807, 2.05) is 0 Å². The first kappa shape index (κ1) is 13.3. The Hall–Kier alpha value is -1.73. The van der Waals surface area contributed by atoms with Crippen molar-refractivity contribution >= 4 is 23.2 Å². The lowest BCUT2D eigenvalue weighted by atomic mass is 10.2. The molecule has 0 saturated carbocycles. The number of hydrogen-bond acceptors (Lipinski definition) is 3. The second-order valence-electron chi connectivity index (χ2n) is 3.64. The Labute approximate surface area is 105 Å². The molecule has 0 aromatic heterocycles. The van der Waals surface area contributed by atoms with Crippen LogP contribution in [0.4, 0.5) is 5.69 Å². The smallest absolute Gasteiger partial charge is 0.251 e. The van der Waals surface area contributed by atoms with Gasteiger partial charge in [-0.1, -0.05) is 11.6 Å². The van der Waals surface area contributed by atoms with Gasteiger partial charge in [-0.2, -0.15) is 5.26 Å². The van der Waals surface area contributed by atoms with Gasteiger partial charge < -0.3 is 11.1 Å². The predicted octanol–water partition coefficient (Wildman–Crippen LogP) is 2.35. The third kappa shape index (κ3) is 4.75. The molecule has 0 aliphatic rings. The number of nitrogens with one attached hydrogen (secondary N) is 1. The van der Waals surface area contributed by atoms with Gasteiger partial charge in [0.1, 0.15) is 0 Å². The van der Waals surface area contributed by atoms with Gasteiger partial charge >= 0.3 is 0 Å². The van der Waals surface area contributed by atoms with Crippen molar-refractivity contribution in [3.05, 3.63) is 28.8 Å². The maximum Gasteiger partial charge on any atom is 0.251 e. The Morgan fingerprint density at radius 2 is 2.18 bits per heavy atom. The van der Waals surface area contributed by atoms with E-state index >= 15 is 0 Å². The van der Waals surface area contributed by atoms with Gasteiger partial charge in [-0.3, -0.25) is 4.79 Å². The average molecular weight is 252 g/mol. The van der Waals surface area contributed by atoms with Crippen molar-refractivity contribution in [2.45, 2.75) is 19.3 Å². The van der Waals surface area contributed by atoms with Gasteiger partial charge in [0.05, 0.1) is 6.07 Å². The summed E-state index contributed by atoms with van der Waals surface area (Å²) in [5.41, 5.74) is 6.51. The molecule has 0 radical (unpaired) electrons. The molecule has 0 unspecified atom stereocenters. The Kier molecular flexibility index (Phi) is 5.31. The van der Waals surface area contributed by atoms with Crippen LogP contribution < -0.4 is 11.1 Å². The third-order valence-corrected chi connectivity index (χ3v) is 2.40. The van der Waals surface area contributed by atoms with Crippen LogP contribution in [0.1, 0.15) is 29.6 Å². The lowest BCUT2D eigenvalue weighted by Crippen LogP contribution is -2.24. The molecule has 0 aliphatic carbocycles. The quantitative estimate of drug-likeness (QED) is 0.623. The van der Waals surface area contributed by atoms with Crippen LogP contribution in [0.2, 0.25) is 5.02 Å². The molecule has 1 rings (SSSR count). The minimum Gasteiger partial charge on any atom is -0.399 e. The highest BCUT2D eigenvalue weighted by Gasteiger charge is 2.06. The van der Waals surface area contributed by atoms with Crippen LogP contribution >= 0.6 is 11.6 Å². The van der Waals surface area contributed by atoms with Crippen LogP contribution in [0.25, 0.3) is 0 Å². The topological polar surface area (TPSA) is 78.9 Å². The van der Waals surface area contributed by atoms with Crippen LogP contribution in [0.3, 0.4) is 0 Å². The van der Waals surface area contributed by atoms with Gasteiger partial charge in [0, 0.05) is 29.2 Å². The van der Waals surface area contributed by atoms with Crippen LogP contribution in [-0.2, 0) is 0 Å². The van der Waals surface area contributed by atoms with E-state index in [0.717, 1.165) is 12.8 Å². The second-order valence-corrected chi connectivity index (χ2v) is 4.08. The number of nitrogen functional groups attached to an aromatic ring is 1. The number of unbranched alkanes of at least 4 members (excludes halogenated alkanes) is 2. The van der Waals surface area contributed by atoms with Crippen LogP contribution in [0.15, 0.2) is 18.2 Å². The number of nitrogens with zero attached hydrogens (tertiary/aromatic N) is 1. The van der Waals surface area contributed by atoms with E-state index in [4.69, 9.17) is 22.6 Å². The molecule has 0 atom stereocenters. The van der Waals surface area contributed by atoms with Gasteiger partial charge in [-0.25, -0.2) is 0 Å². The fourth-order valence-corrected chi connectivity index (χ4v) is 1.62. The van der Waals surface area contributed by atoms with Gasteiger partial charge in [-0.15, -0.1) is 0 Å². The molecular weight excluding hydrogens is 238 g/mol. The molecule has 0 bridgehead atoms. The van der Waals surface area contributed by atoms with E-state index in [9.17, 15) is 4.79 Å². The van der Waals surface area contributed by atoms with Crippen LogP contribution in [0, 0.1) is 11.3 Å². The largest absolute Gasteiger partial charge is 0.399 e. The molecule has 5 heteroatoms. The van der Waals surface area contributed by atoms with E-state index < -0.39 is 0 Å². The van der Waals surface area contributed by atoms with Crippen molar-refractivity contribution < 1.29 is 4.79 Å². The molecule has 0 fully saturated rings. The Balaban J connectivity index is 2.44. The molecule has 1 aromatic carbocycles. The third-order valence-electron chi connectivity index (χ3n) is 2.18. The first-order valence-electron chi connectivity index (χ1n) is 5.34. The molecule has 4 nitrogen and oxygen atoms in total. The van der Waals surface area contributed by atoms with Crippen molar-refractivity contribution in [3.8, 4) is 6.07 Å². The first-order valence-corrected chi connectivity index (χ1v) is 5.72. The number of nitriles is 1. The minimum atomic E-state index is -0.198. The van der Waals surface area contributed by atoms with Crippen molar-refractivity contribution in [1.29, 1.82) is 5.26 Å². The average Bonchev–Trinajstić information content (AvgIpc) is 2.27. The standard InChI is InChI=1S/C12H14ClN3O/c13-10-6-9(7-11(15)8-10)12(17)16-5-3-1-2-4-14/h6-8H,1-3,5,15H2,(H,16,17). The lowest BCUT2D eigenvalue weighted by Gasteiger charge is -2.05. The summed E-state index contributed by atoms with van der Waals surface area (Å²) in [6.45, 7) is 0.549. The summed E-state index contributed by atoms with van der Waals surface area (Å²) < 4.78 is 0. The zero-order valence-corrected chi connectivity index (χ0v) is 10.1. The van der Waals surface area contributed by atoms with E-state index in [1.165, 1.54) is 0 Å². The van der Waals surface area contributed by atoms with Gasteiger partial charge in [0.2, 0.25) is 0 Å². The molecule has 0 saturated heterocycles. The highest BCUT2D eigenvalue weighted by molar-refractivity contribution is 6.31. The van der Waals surface area contributed by atoms with Crippen molar-refractivity contribution in [1.82, 2.24) is 5.32 Å². The summed E-state index contributed by atoms with van der Waals surface area (Å²) in [6, 6.07) is 6.80. The summed E-state index contributed by atoms with van der Waals surface area (Å²) in [5.74, 6) is -0.198. The van der Waals surface area contributed by atoms with E-state index in [0.29, 0.717) is 29.2 Å². The summed E-state index contributed by atoms with van der Waals surface area (Å²) in [5, 5.41) is 11.5. The Morgan fingerprint density at radius 3 is 2.82 bits per heavy atom. The highest BCUT2D eigenvalue weighted by atomic mass is 35.5. The van der Waals surface area contributed by atoms with Crippen molar-refractivity contribution in [2.75, 3.05) is 12.3 Å². The summed E-state index contributed by atoms with van der Waals surface area (Å²) >= 11 is 5.80. The summed E-state index contributed by atoms with van der Waals surface area (Å²) in [7, 11) is 0. The number of anilines is 1. The van der Waals surface area contributed by atoms with Gasteiger partial charge in [-0.05, 0) is 31.0 Å². The highest BCUT2D eigenvalue weighted by Crippen LogP contribution is 2.16. The monoisotopic (exact) mass is 251 g/mol. The Bertz CT molecular complexity index is 420. The molecule has 0 aliphatic heterocycles. The van der Waals surface area contributed by atoms with Crippen molar-refractivity contribution in [3.63, 3.8) is 0 Å². The maximum absolute atomic E-state index is 11.7. The lowest BCUT2D eigenvalue weighted by molar-refractivity contribution is 0.0953. The van der Waals surface area contributed by atoms with E-state index in [1.54, 1.807) is 18.2 Å². The molecule has 1 amide bonds. The molecule has 90 valence electrons. The zero-order chi connectivity index (χ0) is 12.7. The number of carbonyl (C=O) groups excluding carboxylic acids is 1. The number of amides is 1. The van der Waals surface area contributed by atoms with E-state index in [2.05, 4.69) is 11.4 Å². The number of carbonyl (C=O) groups is 1. The van der Waals surface area contributed by atoms with Crippen LogP contribution in [-0.4, -0.2) is 12.5 Å². The molecule has 0 heterocycles. The zero-order valence-electron chi connectivity index (χ0n) is 9.37.